The average molecular weight is 398 g/mol. The predicted molar refractivity (Wildman–Crippen MR) is 110 cm³/mol. The molecular formula is C21H24ClN5O. The van der Waals surface area contributed by atoms with Gasteiger partial charge in [0.05, 0.1) is 12.3 Å². The maximum absolute atomic E-state index is 9.43. The number of halogens is 1. The summed E-state index contributed by atoms with van der Waals surface area (Å²) in [5.41, 5.74) is 4.93. The van der Waals surface area contributed by atoms with Crippen LogP contribution < -0.4 is 0 Å². The van der Waals surface area contributed by atoms with Gasteiger partial charge in [0.15, 0.2) is 0 Å². The third kappa shape index (κ3) is 3.81. The van der Waals surface area contributed by atoms with Crippen molar-refractivity contribution in [3.8, 4) is 22.5 Å². The summed E-state index contributed by atoms with van der Waals surface area (Å²) in [7, 11) is 0. The minimum Gasteiger partial charge on any atom is -0.395 e. The average Bonchev–Trinajstić information content (AvgIpc) is 3.19. The van der Waals surface area contributed by atoms with E-state index in [2.05, 4.69) is 32.0 Å². The lowest BCUT2D eigenvalue weighted by Crippen LogP contribution is -2.41. The van der Waals surface area contributed by atoms with Crippen molar-refractivity contribution in [1.29, 1.82) is 0 Å². The molecule has 146 valence electrons. The van der Waals surface area contributed by atoms with Gasteiger partial charge < -0.3 is 5.11 Å². The van der Waals surface area contributed by atoms with Crippen LogP contribution in [-0.4, -0.2) is 55.9 Å². The van der Waals surface area contributed by atoms with Gasteiger partial charge in [-0.1, -0.05) is 23.7 Å². The number of hydrogen-bond acceptors (Lipinski definition) is 5. The zero-order chi connectivity index (χ0) is 19.5. The van der Waals surface area contributed by atoms with Crippen LogP contribution in [0.3, 0.4) is 0 Å². The van der Waals surface area contributed by atoms with Crippen molar-refractivity contribution in [2.24, 2.45) is 0 Å². The summed E-state index contributed by atoms with van der Waals surface area (Å²) in [6.07, 6.45) is 5.37. The van der Waals surface area contributed by atoms with Gasteiger partial charge in [0.2, 0.25) is 0 Å². The molecule has 1 aliphatic heterocycles. The first kappa shape index (κ1) is 19.1. The van der Waals surface area contributed by atoms with Gasteiger partial charge in [-0.15, -0.1) is 0 Å². The third-order valence-electron chi connectivity index (χ3n) is 5.58. The Morgan fingerprint density at radius 1 is 1.21 bits per heavy atom. The fraction of sp³-hybridized carbons (Fsp3) is 0.381. The van der Waals surface area contributed by atoms with Crippen molar-refractivity contribution in [2.75, 3.05) is 19.7 Å². The Kier molecular flexibility index (Phi) is 5.71. The van der Waals surface area contributed by atoms with Crippen molar-refractivity contribution in [2.45, 2.75) is 31.7 Å². The molecule has 1 saturated heterocycles. The Bertz CT molecular complexity index is 904. The van der Waals surface area contributed by atoms with E-state index in [0.717, 1.165) is 54.1 Å². The van der Waals surface area contributed by atoms with Crippen LogP contribution in [-0.2, 0) is 0 Å². The summed E-state index contributed by atoms with van der Waals surface area (Å²) in [5, 5.41) is 18.1. The quantitative estimate of drug-likeness (QED) is 0.685. The Hall–Kier alpha value is -2.28. The van der Waals surface area contributed by atoms with E-state index in [-0.39, 0.29) is 12.6 Å². The van der Waals surface area contributed by atoms with Gasteiger partial charge in [-0.2, -0.15) is 5.10 Å². The van der Waals surface area contributed by atoms with E-state index in [9.17, 15) is 5.11 Å². The first-order valence-electron chi connectivity index (χ1n) is 9.63. The van der Waals surface area contributed by atoms with E-state index in [4.69, 9.17) is 11.6 Å². The van der Waals surface area contributed by atoms with Gasteiger partial charge in [0.25, 0.3) is 0 Å². The number of hydrogen-bond donors (Lipinski definition) is 2. The number of aliphatic hydroxyl groups excluding tert-OH is 1. The summed E-state index contributed by atoms with van der Waals surface area (Å²) in [6.45, 7) is 4.19. The standard InChI is InChI=1S/C21H24ClN5O/c1-14(12-28)27-10-7-16(8-11-27)21-19(18-6-9-23-13-24-18)20(25-26-21)15-2-4-17(22)5-3-15/h2-6,9,13-14,16,28H,7-8,10-12H2,1H3,(H,25,26). The Morgan fingerprint density at radius 3 is 2.61 bits per heavy atom. The van der Waals surface area contributed by atoms with Crippen LogP contribution in [0.5, 0.6) is 0 Å². The molecule has 1 unspecified atom stereocenters. The van der Waals surface area contributed by atoms with E-state index in [1.165, 1.54) is 0 Å². The first-order valence-corrected chi connectivity index (χ1v) is 10.0. The van der Waals surface area contributed by atoms with E-state index < -0.39 is 0 Å². The zero-order valence-electron chi connectivity index (χ0n) is 15.8. The van der Waals surface area contributed by atoms with Gasteiger partial charge >= 0.3 is 0 Å². The highest BCUT2D eigenvalue weighted by atomic mass is 35.5. The number of likely N-dealkylation sites (tertiary alicyclic amines) is 1. The molecule has 28 heavy (non-hydrogen) atoms. The lowest BCUT2D eigenvalue weighted by molar-refractivity contribution is 0.108. The molecule has 2 N–H and O–H groups in total. The Morgan fingerprint density at radius 2 is 1.96 bits per heavy atom. The number of piperidine rings is 1. The van der Waals surface area contributed by atoms with Crippen molar-refractivity contribution < 1.29 is 5.11 Å². The summed E-state index contributed by atoms with van der Waals surface area (Å²) in [5.74, 6) is 0.376. The largest absolute Gasteiger partial charge is 0.395 e. The van der Waals surface area contributed by atoms with Gasteiger partial charge in [-0.25, -0.2) is 9.97 Å². The number of rotatable bonds is 5. The number of aromatic amines is 1. The molecule has 1 atom stereocenters. The maximum Gasteiger partial charge on any atom is 0.116 e. The van der Waals surface area contributed by atoms with Crippen LogP contribution in [0.15, 0.2) is 42.9 Å². The molecule has 3 heterocycles. The molecule has 0 amide bonds. The number of nitrogens with zero attached hydrogens (tertiary/aromatic N) is 4. The van der Waals surface area contributed by atoms with Crippen LogP contribution in [0.1, 0.15) is 31.4 Å². The third-order valence-corrected chi connectivity index (χ3v) is 5.83. The number of H-pyrrole nitrogens is 1. The molecule has 0 bridgehead atoms. The van der Waals surface area contributed by atoms with E-state index in [1.54, 1.807) is 12.5 Å². The van der Waals surface area contributed by atoms with Crippen molar-refractivity contribution >= 4 is 11.6 Å². The molecule has 1 fully saturated rings. The fourth-order valence-corrected chi connectivity index (χ4v) is 4.04. The van der Waals surface area contributed by atoms with Crippen molar-refractivity contribution in [3.05, 3.63) is 53.6 Å². The summed E-state index contributed by atoms with van der Waals surface area (Å²) < 4.78 is 0. The van der Waals surface area contributed by atoms with Crippen molar-refractivity contribution in [1.82, 2.24) is 25.1 Å². The number of benzene rings is 1. The molecule has 1 aromatic carbocycles. The van der Waals surface area contributed by atoms with Gasteiger partial charge in [-0.05, 0) is 51.1 Å². The monoisotopic (exact) mass is 397 g/mol. The van der Waals surface area contributed by atoms with Crippen LogP contribution in [0.2, 0.25) is 5.02 Å². The van der Waals surface area contributed by atoms with Gasteiger partial charge in [0, 0.05) is 40.0 Å². The predicted octanol–water partition coefficient (Wildman–Crippen LogP) is 3.75. The Labute approximate surface area is 169 Å². The smallest absolute Gasteiger partial charge is 0.116 e. The van der Waals surface area contributed by atoms with Crippen LogP contribution in [0, 0.1) is 0 Å². The second-order valence-corrected chi connectivity index (χ2v) is 7.74. The van der Waals surface area contributed by atoms with E-state index in [1.807, 2.05) is 30.3 Å². The van der Waals surface area contributed by atoms with E-state index in [0.29, 0.717) is 10.9 Å². The molecule has 3 aromatic rings. The van der Waals surface area contributed by atoms with Crippen LogP contribution in [0.4, 0.5) is 0 Å². The molecule has 0 aliphatic carbocycles. The minimum atomic E-state index is 0.196. The minimum absolute atomic E-state index is 0.196. The number of aliphatic hydroxyl groups is 1. The number of nitrogens with one attached hydrogen (secondary N) is 1. The molecule has 6 nitrogen and oxygen atoms in total. The summed E-state index contributed by atoms with van der Waals surface area (Å²) in [6, 6.07) is 9.86. The van der Waals surface area contributed by atoms with Crippen LogP contribution >= 0.6 is 11.6 Å². The first-order chi connectivity index (χ1) is 13.7. The fourth-order valence-electron chi connectivity index (χ4n) is 3.91. The van der Waals surface area contributed by atoms with Crippen LogP contribution in [0.25, 0.3) is 22.5 Å². The molecule has 1 aliphatic rings. The van der Waals surface area contributed by atoms with Gasteiger partial charge in [-0.3, -0.25) is 10.00 Å². The molecule has 7 heteroatoms. The Balaban J connectivity index is 1.69. The van der Waals surface area contributed by atoms with Gasteiger partial charge in [0.1, 0.15) is 12.0 Å². The SMILES string of the molecule is CC(CO)N1CCC(c2[nH]nc(-c3ccc(Cl)cc3)c2-c2ccncn2)CC1. The zero-order valence-corrected chi connectivity index (χ0v) is 16.6. The molecular weight excluding hydrogens is 374 g/mol. The molecule has 0 radical (unpaired) electrons. The molecule has 2 aromatic heterocycles. The topological polar surface area (TPSA) is 77.9 Å². The van der Waals surface area contributed by atoms with Crippen molar-refractivity contribution in [3.63, 3.8) is 0 Å². The molecule has 0 spiro atoms. The summed E-state index contributed by atoms with van der Waals surface area (Å²) in [4.78, 5) is 10.9. The summed E-state index contributed by atoms with van der Waals surface area (Å²) >= 11 is 6.06. The highest BCUT2D eigenvalue weighted by Gasteiger charge is 2.28. The highest BCUT2D eigenvalue weighted by Crippen LogP contribution is 2.39. The second-order valence-electron chi connectivity index (χ2n) is 7.30. The molecule has 0 saturated carbocycles. The normalized spacial score (nSPS) is 17.0. The lowest BCUT2D eigenvalue weighted by Gasteiger charge is -2.35. The highest BCUT2D eigenvalue weighted by molar-refractivity contribution is 6.30. The lowest BCUT2D eigenvalue weighted by atomic mass is 9.88. The number of aromatic nitrogens is 4. The maximum atomic E-state index is 9.43. The second kappa shape index (κ2) is 8.39. The van der Waals surface area contributed by atoms with E-state index >= 15 is 0 Å². The molecule has 4 rings (SSSR count).